The van der Waals surface area contributed by atoms with Crippen LogP contribution >= 0.6 is 0 Å². The Hall–Kier alpha value is -4.01. The number of ether oxygens (including phenoxy) is 3. The molecular formula is C21H21N5O4. The molecule has 0 fully saturated rings. The largest absolute Gasteiger partial charge is 0.493 e. The monoisotopic (exact) mass is 407 g/mol. The number of carbonyl (C=O) groups excluding carboxylic acids is 1. The van der Waals surface area contributed by atoms with Crippen molar-refractivity contribution in [3.63, 3.8) is 0 Å². The highest BCUT2D eigenvalue weighted by atomic mass is 16.5. The van der Waals surface area contributed by atoms with Crippen molar-refractivity contribution in [3.8, 4) is 17.2 Å². The van der Waals surface area contributed by atoms with Gasteiger partial charge in [-0.1, -0.05) is 0 Å². The number of hydrogen-bond donors (Lipinski definition) is 2. The molecule has 3 heterocycles. The molecule has 1 aromatic carbocycles. The second-order valence-electron chi connectivity index (χ2n) is 6.50. The third-order valence-corrected chi connectivity index (χ3v) is 4.64. The average molecular weight is 407 g/mol. The third-order valence-electron chi connectivity index (χ3n) is 4.64. The number of anilines is 1. The molecule has 154 valence electrons. The predicted octanol–water partition coefficient (Wildman–Crippen LogP) is 3.09. The highest BCUT2D eigenvalue weighted by Crippen LogP contribution is 2.43. The summed E-state index contributed by atoms with van der Waals surface area (Å²) in [6.07, 6.45) is 5.27. The first-order valence-electron chi connectivity index (χ1n) is 9.18. The molecule has 0 unspecified atom stereocenters. The van der Waals surface area contributed by atoms with Crippen molar-refractivity contribution in [2.75, 3.05) is 26.6 Å². The van der Waals surface area contributed by atoms with E-state index in [1.807, 2.05) is 12.1 Å². The van der Waals surface area contributed by atoms with Crippen LogP contribution in [0.25, 0.3) is 10.9 Å². The van der Waals surface area contributed by atoms with Crippen LogP contribution in [0.5, 0.6) is 17.2 Å². The zero-order chi connectivity index (χ0) is 21.1. The molecule has 0 aliphatic carbocycles. The minimum absolute atomic E-state index is 0.319. The molecule has 0 saturated heterocycles. The van der Waals surface area contributed by atoms with E-state index in [0.29, 0.717) is 40.8 Å². The van der Waals surface area contributed by atoms with Crippen molar-refractivity contribution in [2.24, 2.45) is 0 Å². The van der Waals surface area contributed by atoms with Crippen molar-refractivity contribution in [1.29, 1.82) is 0 Å². The van der Waals surface area contributed by atoms with Gasteiger partial charge in [0.1, 0.15) is 5.69 Å². The number of benzene rings is 1. The zero-order valence-electron chi connectivity index (χ0n) is 16.8. The Morgan fingerprint density at radius 3 is 2.53 bits per heavy atom. The first kappa shape index (κ1) is 19.3. The third kappa shape index (κ3) is 3.64. The number of H-pyrrole nitrogens is 1. The Balaban J connectivity index is 1.56. The lowest BCUT2D eigenvalue weighted by molar-refractivity contribution is 0.102. The molecule has 0 radical (unpaired) electrons. The number of methoxy groups -OCH3 is 3. The van der Waals surface area contributed by atoms with Crippen LogP contribution in [0.1, 0.15) is 16.1 Å². The number of nitrogens with one attached hydrogen (secondary N) is 2. The Morgan fingerprint density at radius 2 is 1.83 bits per heavy atom. The number of aromatic amines is 1. The van der Waals surface area contributed by atoms with Gasteiger partial charge in [0.15, 0.2) is 17.3 Å². The number of pyridine rings is 1. The van der Waals surface area contributed by atoms with E-state index in [4.69, 9.17) is 14.2 Å². The van der Waals surface area contributed by atoms with Gasteiger partial charge in [-0.05, 0) is 29.8 Å². The van der Waals surface area contributed by atoms with Crippen LogP contribution in [0.4, 0.5) is 5.82 Å². The predicted molar refractivity (Wildman–Crippen MR) is 111 cm³/mol. The molecule has 0 saturated carbocycles. The van der Waals surface area contributed by atoms with E-state index in [2.05, 4.69) is 20.4 Å². The van der Waals surface area contributed by atoms with Crippen molar-refractivity contribution in [1.82, 2.24) is 19.7 Å². The molecule has 3 aromatic heterocycles. The van der Waals surface area contributed by atoms with E-state index >= 15 is 0 Å². The first-order valence-corrected chi connectivity index (χ1v) is 9.18. The van der Waals surface area contributed by atoms with Gasteiger partial charge in [-0.15, -0.1) is 0 Å². The SMILES string of the molecule is COc1cc2cc(C(=O)Nc3ccn(Cc4ccncc4)n3)[nH]c2c(OC)c1OC. The van der Waals surface area contributed by atoms with Crippen LogP contribution in [-0.2, 0) is 6.54 Å². The van der Waals surface area contributed by atoms with E-state index in [1.165, 1.54) is 14.2 Å². The van der Waals surface area contributed by atoms with Crippen LogP contribution in [-0.4, -0.2) is 47.0 Å². The first-order chi connectivity index (χ1) is 14.6. The highest BCUT2D eigenvalue weighted by molar-refractivity contribution is 6.06. The topological polar surface area (TPSA) is 103 Å². The van der Waals surface area contributed by atoms with Gasteiger partial charge < -0.3 is 24.5 Å². The second kappa shape index (κ2) is 8.16. The average Bonchev–Trinajstić information content (AvgIpc) is 3.39. The summed E-state index contributed by atoms with van der Waals surface area (Å²) in [7, 11) is 4.61. The number of fused-ring (bicyclic) bond motifs is 1. The van der Waals surface area contributed by atoms with E-state index < -0.39 is 0 Å². The number of hydrogen-bond acceptors (Lipinski definition) is 6. The normalized spacial score (nSPS) is 10.8. The smallest absolute Gasteiger partial charge is 0.273 e. The lowest BCUT2D eigenvalue weighted by Crippen LogP contribution is -2.13. The highest BCUT2D eigenvalue weighted by Gasteiger charge is 2.20. The fourth-order valence-electron chi connectivity index (χ4n) is 3.24. The van der Waals surface area contributed by atoms with E-state index in [1.54, 1.807) is 48.6 Å². The maximum absolute atomic E-state index is 12.8. The standard InChI is InChI=1S/C21H21N5O4/c1-28-16-11-14-10-15(23-18(14)20(30-3)19(16)29-2)21(27)24-17-6-9-26(25-17)12-13-4-7-22-8-5-13/h4-11,23H,12H2,1-3H3,(H,24,25,27). The molecule has 4 rings (SSSR count). The minimum Gasteiger partial charge on any atom is -0.493 e. The summed E-state index contributed by atoms with van der Waals surface area (Å²) in [4.78, 5) is 19.9. The van der Waals surface area contributed by atoms with E-state index in [-0.39, 0.29) is 5.91 Å². The maximum Gasteiger partial charge on any atom is 0.273 e. The summed E-state index contributed by atoms with van der Waals surface area (Å²) >= 11 is 0. The molecule has 0 spiro atoms. The zero-order valence-corrected chi connectivity index (χ0v) is 16.8. The van der Waals surface area contributed by atoms with Crippen molar-refractivity contribution >= 4 is 22.6 Å². The molecule has 0 aliphatic heterocycles. The summed E-state index contributed by atoms with van der Waals surface area (Å²) < 4.78 is 18.0. The number of rotatable bonds is 7. The van der Waals surface area contributed by atoms with Crippen molar-refractivity contribution in [3.05, 3.63) is 60.2 Å². The van der Waals surface area contributed by atoms with Crippen LogP contribution in [0.15, 0.2) is 48.9 Å². The fourth-order valence-corrected chi connectivity index (χ4v) is 3.24. The summed E-state index contributed by atoms with van der Waals surface area (Å²) in [5, 5.41) is 7.96. The summed E-state index contributed by atoms with van der Waals surface area (Å²) in [6.45, 7) is 0.585. The number of carbonyl (C=O) groups is 1. The van der Waals surface area contributed by atoms with Crippen LogP contribution in [0, 0.1) is 0 Å². The Morgan fingerprint density at radius 1 is 1.07 bits per heavy atom. The summed E-state index contributed by atoms with van der Waals surface area (Å²) in [5.41, 5.74) is 2.07. The molecule has 9 nitrogen and oxygen atoms in total. The lowest BCUT2D eigenvalue weighted by Gasteiger charge is -2.12. The van der Waals surface area contributed by atoms with E-state index in [0.717, 1.165) is 10.9 Å². The molecule has 4 aromatic rings. The van der Waals surface area contributed by atoms with Gasteiger partial charge in [0.05, 0.1) is 33.4 Å². The summed E-state index contributed by atoms with van der Waals surface area (Å²) in [5.74, 6) is 1.57. The summed E-state index contributed by atoms with van der Waals surface area (Å²) in [6, 6.07) is 9.09. The Bertz CT molecular complexity index is 1180. The van der Waals surface area contributed by atoms with Crippen LogP contribution in [0.2, 0.25) is 0 Å². The fraction of sp³-hybridized carbons (Fsp3) is 0.190. The second-order valence-corrected chi connectivity index (χ2v) is 6.50. The van der Waals surface area contributed by atoms with Crippen LogP contribution in [0.3, 0.4) is 0 Å². The van der Waals surface area contributed by atoms with Gasteiger partial charge in [-0.25, -0.2) is 0 Å². The molecule has 0 bridgehead atoms. The molecule has 0 aliphatic rings. The van der Waals surface area contributed by atoms with Gasteiger partial charge in [0.2, 0.25) is 5.75 Å². The maximum atomic E-state index is 12.8. The van der Waals surface area contributed by atoms with E-state index in [9.17, 15) is 4.79 Å². The Labute approximate surface area is 172 Å². The number of nitrogens with zero attached hydrogens (tertiary/aromatic N) is 3. The molecule has 2 N–H and O–H groups in total. The van der Waals surface area contributed by atoms with Gasteiger partial charge in [0.25, 0.3) is 5.91 Å². The van der Waals surface area contributed by atoms with Crippen molar-refractivity contribution in [2.45, 2.75) is 6.54 Å². The van der Waals surface area contributed by atoms with Crippen molar-refractivity contribution < 1.29 is 19.0 Å². The molecule has 30 heavy (non-hydrogen) atoms. The van der Waals surface area contributed by atoms with Gasteiger partial charge in [-0.2, -0.15) is 5.10 Å². The molecule has 0 atom stereocenters. The Kier molecular flexibility index (Phi) is 5.25. The van der Waals surface area contributed by atoms with Gasteiger partial charge in [0, 0.05) is 30.0 Å². The number of aromatic nitrogens is 4. The minimum atomic E-state index is -0.319. The molecule has 1 amide bonds. The van der Waals surface area contributed by atoms with Gasteiger partial charge in [-0.3, -0.25) is 14.5 Å². The van der Waals surface area contributed by atoms with Crippen LogP contribution < -0.4 is 19.5 Å². The number of amides is 1. The molecule has 9 heteroatoms. The lowest BCUT2D eigenvalue weighted by atomic mass is 10.2. The quantitative estimate of drug-likeness (QED) is 0.488. The molecular weight excluding hydrogens is 386 g/mol. The van der Waals surface area contributed by atoms with Gasteiger partial charge >= 0.3 is 0 Å².